The average Bonchev–Trinajstić information content (AvgIpc) is 3.29. The van der Waals surface area contributed by atoms with Crippen molar-refractivity contribution in [3.63, 3.8) is 0 Å². The third-order valence-electron chi connectivity index (χ3n) is 6.92. The number of carbonyl (C=O) groups is 3. The van der Waals surface area contributed by atoms with Gasteiger partial charge in [-0.05, 0) is 61.4 Å². The maximum atomic E-state index is 14.3. The maximum Gasteiger partial charge on any atom is 0.318 e. The van der Waals surface area contributed by atoms with Crippen LogP contribution in [0.4, 0.5) is 4.79 Å². The summed E-state index contributed by atoms with van der Waals surface area (Å²) in [5.41, 5.74) is 7.90. The second kappa shape index (κ2) is 11.4. The van der Waals surface area contributed by atoms with Crippen LogP contribution in [0.15, 0.2) is 78.9 Å². The number of methoxy groups -OCH3 is 2. The molecular weight excluding hydrogens is 482 g/mol. The third-order valence-corrected chi connectivity index (χ3v) is 6.92. The molecule has 1 fully saturated rings. The Hall–Kier alpha value is -4.33. The zero-order chi connectivity index (χ0) is 27.4. The molecule has 4 rings (SSSR count). The van der Waals surface area contributed by atoms with E-state index in [1.54, 1.807) is 50.6 Å². The number of benzene rings is 3. The quantitative estimate of drug-likeness (QED) is 0.434. The molecule has 0 saturated carbocycles. The van der Waals surface area contributed by atoms with Crippen molar-refractivity contribution in [3.8, 4) is 11.5 Å². The Morgan fingerprint density at radius 2 is 1.37 bits per heavy atom. The predicted molar refractivity (Wildman–Crippen MR) is 144 cm³/mol. The summed E-state index contributed by atoms with van der Waals surface area (Å²) < 4.78 is 10.6. The molecule has 3 N–H and O–H groups in total. The van der Waals surface area contributed by atoms with Gasteiger partial charge >= 0.3 is 6.03 Å². The number of urea groups is 1. The Balaban J connectivity index is 1.95. The lowest BCUT2D eigenvalue weighted by molar-refractivity contribution is -0.122. The van der Waals surface area contributed by atoms with Crippen LogP contribution >= 0.6 is 0 Å². The Morgan fingerprint density at radius 3 is 1.87 bits per heavy atom. The van der Waals surface area contributed by atoms with Crippen LogP contribution in [0, 0.1) is 5.92 Å². The largest absolute Gasteiger partial charge is 0.497 e. The first-order valence-corrected chi connectivity index (χ1v) is 12.5. The summed E-state index contributed by atoms with van der Waals surface area (Å²) in [6.07, 6.45) is 0. The Bertz CT molecular complexity index is 1280. The van der Waals surface area contributed by atoms with Gasteiger partial charge in [0.2, 0.25) is 5.91 Å². The van der Waals surface area contributed by atoms with Gasteiger partial charge in [-0.25, -0.2) is 4.79 Å². The van der Waals surface area contributed by atoms with Crippen LogP contribution in [0.1, 0.15) is 47.3 Å². The van der Waals surface area contributed by atoms with Crippen molar-refractivity contribution in [3.05, 3.63) is 95.6 Å². The van der Waals surface area contributed by atoms with E-state index in [-0.39, 0.29) is 11.8 Å². The normalized spacial score (nSPS) is 20.7. The number of hydrogen-bond donors (Lipinski definition) is 2. The van der Waals surface area contributed by atoms with Crippen LogP contribution < -0.4 is 20.5 Å². The summed E-state index contributed by atoms with van der Waals surface area (Å²) in [4.78, 5) is 42.6. The minimum atomic E-state index is -1.06. The highest BCUT2D eigenvalue weighted by molar-refractivity contribution is 6.01. The molecule has 198 valence electrons. The van der Waals surface area contributed by atoms with Crippen molar-refractivity contribution >= 4 is 17.7 Å². The highest BCUT2D eigenvalue weighted by atomic mass is 16.5. The minimum absolute atomic E-state index is 0.195. The fraction of sp³-hybridized carbons (Fsp3) is 0.300. The number of rotatable bonds is 8. The molecule has 0 aromatic heterocycles. The molecule has 0 radical (unpaired) electrons. The SMILES string of the molecule is COc1ccc(C(=O)C2C(c3ccccc3)C(C(N)=O)N(C(=O)NC(C)C)C2c2ccc(OC)cc2)cc1. The molecule has 0 spiro atoms. The van der Waals surface area contributed by atoms with Crippen LogP contribution in [0.3, 0.4) is 0 Å². The molecule has 0 bridgehead atoms. The first-order chi connectivity index (χ1) is 18.3. The molecule has 1 aliphatic heterocycles. The van der Waals surface area contributed by atoms with E-state index in [1.165, 1.54) is 4.90 Å². The fourth-order valence-corrected chi connectivity index (χ4v) is 5.29. The van der Waals surface area contributed by atoms with Gasteiger partial charge in [0.05, 0.1) is 26.2 Å². The molecule has 0 aliphatic carbocycles. The van der Waals surface area contributed by atoms with Gasteiger partial charge in [-0.2, -0.15) is 0 Å². The van der Waals surface area contributed by atoms with E-state index in [4.69, 9.17) is 15.2 Å². The van der Waals surface area contributed by atoms with Crippen LogP contribution in [-0.4, -0.2) is 48.9 Å². The number of nitrogens with one attached hydrogen (secondary N) is 1. The minimum Gasteiger partial charge on any atom is -0.497 e. The van der Waals surface area contributed by atoms with E-state index >= 15 is 0 Å². The molecule has 3 amide bonds. The summed E-state index contributed by atoms with van der Waals surface area (Å²) in [5.74, 6) is -1.10. The molecule has 1 saturated heterocycles. The van der Waals surface area contributed by atoms with Crippen LogP contribution in [0.5, 0.6) is 11.5 Å². The Kier molecular flexibility index (Phi) is 8.00. The first kappa shape index (κ1) is 26.7. The number of Topliss-reactive ketones (excluding diaryl/α,β-unsaturated/α-hetero) is 1. The van der Waals surface area contributed by atoms with E-state index in [2.05, 4.69) is 5.32 Å². The van der Waals surface area contributed by atoms with E-state index in [0.717, 1.165) is 5.56 Å². The molecule has 3 aromatic carbocycles. The molecule has 4 atom stereocenters. The van der Waals surface area contributed by atoms with Crippen molar-refractivity contribution in [2.24, 2.45) is 11.7 Å². The second-order valence-corrected chi connectivity index (χ2v) is 9.63. The number of amides is 3. The summed E-state index contributed by atoms with van der Waals surface area (Å²) >= 11 is 0. The van der Waals surface area contributed by atoms with Gasteiger partial charge in [0.1, 0.15) is 17.5 Å². The van der Waals surface area contributed by atoms with E-state index in [1.807, 2.05) is 56.3 Å². The lowest BCUT2D eigenvalue weighted by Crippen LogP contribution is -2.51. The zero-order valence-electron chi connectivity index (χ0n) is 22.0. The van der Waals surface area contributed by atoms with Gasteiger partial charge in [0.15, 0.2) is 5.78 Å². The van der Waals surface area contributed by atoms with Crippen molar-refractivity contribution in [1.82, 2.24) is 10.2 Å². The van der Waals surface area contributed by atoms with Gasteiger partial charge in [0.25, 0.3) is 0 Å². The van der Waals surface area contributed by atoms with E-state index in [0.29, 0.717) is 22.6 Å². The summed E-state index contributed by atoms with van der Waals surface area (Å²) in [5, 5.41) is 2.90. The molecule has 3 aromatic rings. The smallest absolute Gasteiger partial charge is 0.318 e. The van der Waals surface area contributed by atoms with Gasteiger partial charge in [-0.1, -0.05) is 42.5 Å². The second-order valence-electron chi connectivity index (χ2n) is 9.63. The van der Waals surface area contributed by atoms with E-state index in [9.17, 15) is 14.4 Å². The maximum absolute atomic E-state index is 14.3. The van der Waals surface area contributed by atoms with Gasteiger partial charge in [-0.3, -0.25) is 9.59 Å². The summed E-state index contributed by atoms with van der Waals surface area (Å²) in [6.45, 7) is 3.68. The molecule has 4 unspecified atom stereocenters. The number of hydrogen-bond acceptors (Lipinski definition) is 5. The average molecular weight is 516 g/mol. The molecule has 1 heterocycles. The van der Waals surface area contributed by atoms with Crippen LogP contribution in [-0.2, 0) is 4.79 Å². The lowest BCUT2D eigenvalue weighted by Gasteiger charge is -2.31. The number of ether oxygens (including phenoxy) is 2. The van der Waals surface area contributed by atoms with Crippen molar-refractivity contribution in [2.75, 3.05) is 14.2 Å². The van der Waals surface area contributed by atoms with E-state index < -0.39 is 35.9 Å². The number of primary amides is 1. The lowest BCUT2D eigenvalue weighted by atomic mass is 9.76. The topological polar surface area (TPSA) is 111 Å². The number of likely N-dealkylation sites (tertiary alicyclic amines) is 1. The van der Waals surface area contributed by atoms with Crippen molar-refractivity contribution in [2.45, 2.75) is 37.9 Å². The van der Waals surface area contributed by atoms with Crippen LogP contribution in [0.25, 0.3) is 0 Å². The Morgan fingerprint density at radius 1 is 0.816 bits per heavy atom. The number of nitrogens with zero attached hydrogens (tertiary/aromatic N) is 1. The van der Waals surface area contributed by atoms with Crippen molar-refractivity contribution in [1.29, 1.82) is 0 Å². The zero-order valence-corrected chi connectivity index (χ0v) is 22.0. The molecule has 8 heteroatoms. The fourth-order valence-electron chi connectivity index (χ4n) is 5.29. The van der Waals surface area contributed by atoms with Gasteiger partial charge in [0, 0.05) is 17.5 Å². The highest BCUT2D eigenvalue weighted by Crippen LogP contribution is 2.51. The predicted octanol–water partition coefficient (Wildman–Crippen LogP) is 4.32. The number of ketones is 1. The molecular formula is C30H33N3O5. The highest BCUT2D eigenvalue weighted by Gasteiger charge is 2.57. The number of carbonyl (C=O) groups excluding carboxylic acids is 3. The van der Waals surface area contributed by atoms with Gasteiger partial charge < -0.3 is 25.4 Å². The Labute approximate surface area is 222 Å². The molecule has 1 aliphatic rings. The first-order valence-electron chi connectivity index (χ1n) is 12.5. The van der Waals surface area contributed by atoms with Gasteiger partial charge in [-0.15, -0.1) is 0 Å². The van der Waals surface area contributed by atoms with Crippen LogP contribution in [0.2, 0.25) is 0 Å². The standard InChI is InChI=1S/C30H33N3O5/c1-18(2)32-30(36)33-26(20-10-14-22(37-3)15-11-20)25(28(34)21-12-16-23(38-4)17-13-21)24(27(33)29(31)35)19-8-6-5-7-9-19/h5-18,24-27H,1-4H3,(H2,31,35)(H,32,36). The molecule has 8 nitrogen and oxygen atoms in total. The monoisotopic (exact) mass is 515 g/mol. The summed E-state index contributed by atoms with van der Waals surface area (Å²) in [6, 6.07) is 20.8. The number of nitrogens with two attached hydrogens (primary N) is 1. The molecule has 38 heavy (non-hydrogen) atoms. The summed E-state index contributed by atoms with van der Waals surface area (Å²) in [7, 11) is 3.12. The van der Waals surface area contributed by atoms with Crippen molar-refractivity contribution < 1.29 is 23.9 Å². The third kappa shape index (κ3) is 5.20.